The van der Waals surface area contributed by atoms with Gasteiger partial charge in [0.2, 0.25) is 0 Å². The maximum absolute atomic E-state index is 12.3. The summed E-state index contributed by atoms with van der Waals surface area (Å²) in [6, 6.07) is 17.3. The van der Waals surface area contributed by atoms with Gasteiger partial charge in [-0.1, -0.05) is 34.4 Å². The van der Waals surface area contributed by atoms with E-state index in [-0.39, 0.29) is 11.5 Å². The molecule has 51 heavy (non-hydrogen) atoms. The number of carbonyl (C=O) groups excluding carboxylic acids is 1. The topological polar surface area (TPSA) is 119 Å². The zero-order chi connectivity index (χ0) is 37.4. The van der Waals surface area contributed by atoms with Crippen LogP contribution in [0.15, 0.2) is 113 Å². The minimum absolute atomic E-state index is 0.119. The summed E-state index contributed by atoms with van der Waals surface area (Å²) >= 11 is 0. The van der Waals surface area contributed by atoms with E-state index < -0.39 is 5.97 Å². The number of anilines is 1. The number of pyridine rings is 1. The number of aromatic nitrogens is 1. The van der Waals surface area contributed by atoms with Crippen LogP contribution < -0.4 is 24.8 Å². The number of carboxylic acids is 1. The highest BCUT2D eigenvalue weighted by Crippen LogP contribution is 2.15. The number of nitrogens with one attached hydrogen (secondary N) is 2. The molecule has 0 aliphatic rings. The predicted octanol–water partition coefficient (Wildman–Crippen LogP) is 9.46. The lowest BCUT2D eigenvalue weighted by atomic mass is 10.1. The number of benzene rings is 2. The molecular formula is C42H55N3O6. The molecule has 1 amide bonds. The average molecular weight is 698 g/mol. The van der Waals surface area contributed by atoms with Crippen molar-refractivity contribution in [3.63, 3.8) is 0 Å². The highest BCUT2D eigenvalue weighted by atomic mass is 16.5. The number of methoxy groups -OCH3 is 1. The number of aromatic carboxylic acids is 1. The molecule has 1 heterocycles. The quantitative estimate of drug-likeness (QED) is 0.0838. The Morgan fingerprint density at radius 3 is 1.59 bits per heavy atom. The second-order valence-electron chi connectivity index (χ2n) is 12.5. The number of carboxylic acid groups (broad SMARTS) is 1. The Bertz CT molecular complexity index is 1600. The minimum Gasteiger partial charge on any atom is -0.495 e. The van der Waals surface area contributed by atoms with Crippen molar-refractivity contribution >= 4 is 17.7 Å². The molecule has 0 saturated heterocycles. The van der Waals surface area contributed by atoms with Crippen LogP contribution in [0.5, 0.6) is 17.2 Å². The van der Waals surface area contributed by atoms with Gasteiger partial charge in [-0.3, -0.25) is 4.79 Å². The second-order valence-corrected chi connectivity index (χ2v) is 12.5. The summed E-state index contributed by atoms with van der Waals surface area (Å²) in [5, 5.41) is 14.8. The normalized spacial score (nSPS) is 11.0. The Morgan fingerprint density at radius 2 is 1.16 bits per heavy atom. The smallest absolute Gasteiger partial charge is 0.335 e. The number of allylic oxidation sites excluding steroid dienone is 6. The summed E-state index contributed by atoms with van der Waals surface area (Å²) in [5.74, 6) is 1.83. The zero-order valence-electron chi connectivity index (χ0n) is 31.3. The van der Waals surface area contributed by atoms with Gasteiger partial charge in [-0.15, -0.1) is 0 Å². The van der Waals surface area contributed by atoms with Crippen LogP contribution in [-0.4, -0.2) is 55.4 Å². The summed E-state index contributed by atoms with van der Waals surface area (Å²) in [5.41, 5.74) is 6.16. The van der Waals surface area contributed by atoms with Gasteiger partial charge in [0.15, 0.2) is 0 Å². The van der Waals surface area contributed by atoms with E-state index in [4.69, 9.17) is 19.3 Å². The van der Waals surface area contributed by atoms with Crippen LogP contribution in [0, 0.1) is 0 Å². The van der Waals surface area contributed by atoms with Crippen molar-refractivity contribution in [2.45, 2.75) is 67.2 Å². The molecule has 3 rings (SSSR count). The van der Waals surface area contributed by atoms with E-state index in [0.29, 0.717) is 43.4 Å². The van der Waals surface area contributed by atoms with E-state index in [9.17, 15) is 9.59 Å². The molecule has 0 radical (unpaired) electrons. The van der Waals surface area contributed by atoms with Gasteiger partial charge in [0.25, 0.3) is 5.91 Å². The van der Waals surface area contributed by atoms with Gasteiger partial charge in [-0.25, -0.2) is 9.78 Å². The fourth-order valence-corrected chi connectivity index (χ4v) is 4.41. The largest absolute Gasteiger partial charge is 0.495 e. The number of carbonyl (C=O) groups is 2. The first-order valence-corrected chi connectivity index (χ1v) is 17.3. The van der Waals surface area contributed by atoms with E-state index in [1.165, 1.54) is 22.3 Å². The molecule has 9 nitrogen and oxygen atoms in total. The maximum atomic E-state index is 12.3. The van der Waals surface area contributed by atoms with Gasteiger partial charge in [0.05, 0.1) is 18.9 Å². The standard InChI is InChI=1S/C25H33N3O3.C17H22O3/c1-19(2)6-5-7-20(3)14-17-31-22-10-8-21(9-11-22)25(29)27-16-15-26-24-13-12-23(30-4)18-28-24;1-13(2)5-4-6-14(3)11-12-20-16-9-7-15(8-10-16)17(18)19/h6,8-14,18H,5,7,15-17H2,1-4H3,(H,26,28)(H,27,29);5,7-11H,4,6,12H2,1-3H3,(H,18,19)/b20-14+;14-11+. The van der Waals surface area contributed by atoms with E-state index >= 15 is 0 Å². The number of nitrogens with zero attached hydrogens (tertiary/aromatic N) is 1. The van der Waals surface area contributed by atoms with Gasteiger partial charge in [0.1, 0.15) is 36.3 Å². The third-order valence-corrected chi connectivity index (χ3v) is 7.45. The van der Waals surface area contributed by atoms with E-state index in [2.05, 4.69) is 81.5 Å². The predicted molar refractivity (Wildman–Crippen MR) is 207 cm³/mol. The molecule has 0 fully saturated rings. The van der Waals surface area contributed by atoms with Crippen molar-refractivity contribution in [2.75, 3.05) is 38.7 Å². The monoisotopic (exact) mass is 697 g/mol. The fraction of sp³-hybridized carbons (Fsp3) is 0.357. The number of ether oxygens (including phenoxy) is 3. The van der Waals surface area contributed by atoms with Gasteiger partial charge in [-0.05, 0) is 140 Å². The molecule has 9 heteroatoms. The van der Waals surface area contributed by atoms with E-state index in [0.717, 1.165) is 37.3 Å². The Labute approximate surface area is 304 Å². The van der Waals surface area contributed by atoms with Gasteiger partial charge >= 0.3 is 5.97 Å². The van der Waals surface area contributed by atoms with Crippen molar-refractivity contribution in [3.8, 4) is 17.2 Å². The highest BCUT2D eigenvalue weighted by molar-refractivity contribution is 5.94. The third-order valence-electron chi connectivity index (χ3n) is 7.45. The Morgan fingerprint density at radius 1 is 0.667 bits per heavy atom. The minimum atomic E-state index is -0.924. The Hall–Kier alpha value is -5.31. The molecule has 3 aromatic rings. The van der Waals surface area contributed by atoms with Crippen molar-refractivity contribution in [3.05, 3.63) is 125 Å². The van der Waals surface area contributed by atoms with Crippen LogP contribution in [0.2, 0.25) is 0 Å². The number of hydrogen-bond donors (Lipinski definition) is 3. The molecule has 3 N–H and O–H groups in total. The summed E-state index contributed by atoms with van der Waals surface area (Å²) in [4.78, 5) is 27.2. The lowest BCUT2D eigenvalue weighted by Crippen LogP contribution is -2.28. The van der Waals surface area contributed by atoms with Crippen LogP contribution >= 0.6 is 0 Å². The van der Waals surface area contributed by atoms with Crippen molar-refractivity contribution < 1.29 is 28.9 Å². The van der Waals surface area contributed by atoms with Gasteiger partial charge in [0, 0.05) is 18.7 Å². The molecule has 0 unspecified atom stereocenters. The molecule has 0 spiro atoms. The summed E-state index contributed by atoms with van der Waals surface area (Å²) in [6.07, 6.45) is 14.5. The molecule has 1 aromatic heterocycles. The molecule has 0 saturated carbocycles. The highest BCUT2D eigenvalue weighted by Gasteiger charge is 2.05. The molecule has 0 atom stereocenters. The van der Waals surface area contributed by atoms with Crippen molar-refractivity contribution in [2.24, 2.45) is 0 Å². The van der Waals surface area contributed by atoms with Crippen LogP contribution in [0.3, 0.4) is 0 Å². The molecule has 0 bridgehead atoms. The molecule has 0 aliphatic heterocycles. The van der Waals surface area contributed by atoms with Gasteiger partial charge < -0.3 is 30.0 Å². The van der Waals surface area contributed by atoms with Crippen LogP contribution in [0.4, 0.5) is 5.82 Å². The second kappa shape index (κ2) is 23.9. The van der Waals surface area contributed by atoms with Crippen LogP contribution in [0.1, 0.15) is 87.9 Å². The summed E-state index contributed by atoms with van der Waals surface area (Å²) in [7, 11) is 1.60. The summed E-state index contributed by atoms with van der Waals surface area (Å²) < 4.78 is 16.4. The SMILES string of the molecule is CC(C)=CCC/C(C)=C/COc1ccc(C(=O)O)cc1.COc1ccc(NCCNC(=O)c2ccc(OC/C=C(\C)CCC=C(C)C)cc2)nc1. The molecule has 274 valence electrons. The molecular weight excluding hydrogens is 642 g/mol. The number of hydrogen-bond acceptors (Lipinski definition) is 7. The van der Waals surface area contributed by atoms with Crippen LogP contribution in [0.25, 0.3) is 0 Å². The first kappa shape index (κ1) is 41.9. The molecule has 0 aliphatic carbocycles. The van der Waals surface area contributed by atoms with Gasteiger partial charge in [-0.2, -0.15) is 0 Å². The Kier molecular flexibility index (Phi) is 19.7. The van der Waals surface area contributed by atoms with E-state index in [1.807, 2.05) is 24.3 Å². The first-order chi connectivity index (χ1) is 24.5. The number of amides is 1. The lowest BCUT2D eigenvalue weighted by molar-refractivity contribution is 0.0696. The third kappa shape index (κ3) is 18.9. The molecule has 2 aromatic carbocycles. The van der Waals surface area contributed by atoms with Crippen molar-refractivity contribution in [1.82, 2.24) is 10.3 Å². The number of rotatable bonds is 19. The van der Waals surface area contributed by atoms with Crippen LogP contribution in [-0.2, 0) is 0 Å². The fourth-order valence-electron chi connectivity index (χ4n) is 4.41. The van der Waals surface area contributed by atoms with E-state index in [1.54, 1.807) is 49.7 Å². The lowest BCUT2D eigenvalue weighted by Gasteiger charge is -2.09. The first-order valence-electron chi connectivity index (χ1n) is 17.3. The van der Waals surface area contributed by atoms with Crippen molar-refractivity contribution in [1.29, 1.82) is 0 Å². The Balaban J connectivity index is 0.000000389. The maximum Gasteiger partial charge on any atom is 0.335 e. The average Bonchev–Trinajstić information content (AvgIpc) is 3.11. The zero-order valence-corrected chi connectivity index (χ0v) is 31.3. The summed E-state index contributed by atoms with van der Waals surface area (Å²) in [6.45, 7) is 14.7.